The molecule has 8 heteroatoms. The molecular weight excluding hydrogens is 528 g/mol. The molecule has 0 radical (unpaired) electrons. The van der Waals surface area contributed by atoms with Crippen molar-refractivity contribution in [1.82, 2.24) is 19.9 Å². The second-order valence-electron chi connectivity index (χ2n) is 10.1. The van der Waals surface area contributed by atoms with Crippen LogP contribution in [0.2, 0.25) is 0 Å². The molecule has 0 amide bonds. The number of aromatic nitrogens is 4. The van der Waals surface area contributed by atoms with Gasteiger partial charge in [0.1, 0.15) is 0 Å². The first kappa shape index (κ1) is 25.0. The topological polar surface area (TPSA) is 138 Å². The Morgan fingerprint density at radius 1 is 0.452 bits per heavy atom. The van der Waals surface area contributed by atoms with E-state index >= 15 is 0 Å². The summed E-state index contributed by atoms with van der Waals surface area (Å²) in [5.74, 6) is -1.93. The zero-order valence-corrected chi connectivity index (χ0v) is 22.1. The minimum Gasteiger partial charge on any atom is -0.478 e. The monoisotopic (exact) mass is 552 g/mol. The van der Waals surface area contributed by atoms with Crippen LogP contribution in [0.1, 0.15) is 54.6 Å². The average Bonchev–Trinajstić information content (AvgIpc) is 3.80. The number of aromatic amines is 4. The fourth-order valence-corrected chi connectivity index (χ4v) is 5.37. The number of carboxylic acid groups (broad SMARTS) is 2. The first-order chi connectivity index (χ1) is 20.4. The number of hydrogen-bond donors (Lipinski definition) is 6. The van der Waals surface area contributed by atoms with Crippen LogP contribution < -0.4 is 21.4 Å². The van der Waals surface area contributed by atoms with Gasteiger partial charge < -0.3 is 30.1 Å². The highest BCUT2D eigenvalue weighted by atomic mass is 16.4. The molecule has 1 aliphatic heterocycles. The number of benzene rings is 2. The Morgan fingerprint density at radius 3 is 1.24 bits per heavy atom. The Balaban J connectivity index is 1.46. The molecule has 42 heavy (non-hydrogen) atoms. The highest BCUT2D eigenvalue weighted by Crippen LogP contribution is 2.23. The molecule has 5 heterocycles. The normalized spacial score (nSPS) is 12.5. The maximum Gasteiger partial charge on any atom is 0.335 e. The van der Waals surface area contributed by atoms with Crippen molar-refractivity contribution in [1.29, 1.82) is 0 Å². The third kappa shape index (κ3) is 4.56. The van der Waals surface area contributed by atoms with Crippen LogP contribution in [-0.2, 0) is 0 Å². The zero-order chi connectivity index (χ0) is 28.8. The number of hydrogen-bond acceptors (Lipinski definition) is 2. The van der Waals surface area contributed by atoms with Crippen LogP contribution in [0.25, 0.3) is 23.3 Å². The lowest BCUT2D eigenvalue weighted by molar-refractivity contribution is 0.0686. The summed E-state index contributed by atoms with van der Waals surface area (Å²) >= 11 is 0. The largest absolute Gasteiger partial charge is 0.478 e. The number of carbonyl (C=O) groups is 2. The van der Waals surface area contributed by atoms with Gasteiger partial charge in [-0.1, -0.05) is 24.3 Å². The Morgan fingerprint density at radius 2 is 0.857 bits per heavy atom. The number of rotatable bonds is 4. The molecule has 1 aliphatic rings. The SMILES string of the molecule is O=C(O)c1ccc(C2=c3ccc([nH]3)=Cc3ccc([nH]3)C(c3ccc(C(=O)O)cc3)=c3ccc([nH]3)=Cc3ccc2[nH]3)cc1. The Labute approximate surface area is 238 Å². The minimum atomic E-state index is -0.966. The molecule has 0 saturated carbocycles. The fourth-order valence-electron chi connectivity index (χ4n) is 5.37. The molecule has 2 aromatic carbocycles. The summed E-state index contributed by atoms with van der Waals surface area (Å²) in [7, 11) is 0. The standard InChI is InChI=1S/C34H24N4O4/c39-33(40)21-5-1-19(2-6-21)31-27-13-9-23(35-27)17-25-11-15-29(37-25)32(20-3-7-22(8-4-20)34(41)42)30-16-12-26(38-30)18-24-10-14-28(31)36-24/h1-18,35-38H,(H,39,40)(H,41,42). The summed E-state index contributed by atoms with van der Waals surface area (Å²) in [6, 6.07) is 29.8. The van der Waals surface area contributed by atoms with E-state index < -0.39 is 11.9 Å². The zero-order valence-electron chi connectivity index (χ0n) is 22.1. The molecule has 0 atom stereocenters. The lowest BCUT2D eigenvalue weighted by atomic mass is 10.0. The van der Waals surface area contributed by atoms with Gasteiger partial charge >= 0.3 is 11.9 Å². The summed E-state index contributed by atoms with van der Waals surface area (Å²) in [4.78, 5) is 36.9. The summed E-state index contributed by atoms with van der Waals surface area (Å²) in [5.41, 5.74) is 7.57. The predicted octanol–water partition coefficient (Wildman–Crippen LogP) is 2.86. The van der Waals surface area contributed by atoms with Gasteiger partial charge in [-0.2, -0.15) is 0 Å². The third-order valence-electron chi connectivity index (χ3n) is 7.37. The van der Waals surface area contributed by atoms with Crippen LogP contribution >= 0.6 is 0 Å². The molecule has 0 spiro atoms. The van der Waals surface area contributed by atoms with Crippen LogP contribution in [0.5, 0.6) is 0 Å². The minimum absolute atomic E-state index is 0.229. The van der Waals surface area contributed by atoms with Gasteiger partial charge in [0, 0.05) is 55.3 Å². The molecule has 0 saturated heterocycles. The molecule has 204 valence electrons. The van der Waals surface area contributed by atoms with Crippen LogP contribution in [-0.4, -0.2) is 42.1 Å². The molecule has 8 nitrogen and oxygen atoms in total. The van der Waals surface area contributed by atoms with Crippen LogP contribution in [0, 0.1) is 0 Å². The Kier molecular flexibility index (Phi) is 5.87. The van der Waals surface area contributed by atoms with Crippen molar-refractivity contribution in [2.75, 3.05) is 0 Å². The fraction of sp³-hybridized carbons (Fsp3) is 0. The summed E-state index contributed by atoms with van der Waals surface area (Å²) in [6.07, 6.45) is 4.03. The van der Waals surface area contributed by atoms with Gasteiger partial charge in [-0.15, -0.1) is 0 Å². The quantitative estimate of drug-likeness (QED) is 0.200. The van der Waals surface area contributed by atoms with Crippen LogP contribution in [0.4, 0.5) is 0 Å². The molecule has 6 N–H and O–H groups in total. The molecule has 6 aromatic rings. The van der Waals surface area contributed by atoms with Gasteiger partial charge in [0.2, 0.25) is 0 Å². The first-order valence-corrected chi connectivity index (χ1v) is 13.3. The van der Waals surface area contributed by atoms with Crippen molar-refractivity contribution in [3.8, 4) is 0 Å². The second-order valence-corrected chi connectivity index (χ2v) is 10.1. The molecule has 7 rings (SSSR count). The predicted molar refractivity (Wildman–Crippen MR) is 159 cm³/mol. The second kappa shape index (κ2) is 9.87. The van der Waals surface area contributed by atoms with E-state index in [0.29, 0.717) is 0 Å². The van der Waals surface area contributed by atoms with Crippen LogP contribution in [0.15, 0.2) is 97.1 Å². The molecule has 4 aromatic heterocycles. The number of nitrogens with one attached hydrogen (secondary N) is 4. The van der Waals surface area contributed by atoms with Gasteiger partial charge in [-0.05, 0) is 96.1 Å². The Bertz CT molecular complexity index is 2080. The molecule has 0 aliphatic carbocycles. The first-order valence-electron chi connectivity index (χ1n) is 13.3. The number of fused-ring (bicyclic) bond motifs is 8. The van der Waals surface area contributed by atoms with E-state index in [-0.39, 0.29) is 11.1 Å². The highest BCUT2D eigenvalue weighted by molar-refractivity contribution is 5.89. The number of carboxylic acids is 2. The van der Waals surface area contributed by atoms with E-state index in [2.05, 4.69) is 19.9 Å². The highest BCUT2D eigenvalue weighted by Gasteiger charge is 2.14. The van der Waals surface area contributed by atoms with Crippen molar-refractivity contribution >= 4 is 35.2 Å². The van der Waals surface area contributed by atoms with E-state index in [1.54, 1.807) is 24.3 Å². The van der Waals surface area contributed by atoms with E-state index in [1.807, 2.05) is 84.9 Å². The van der Waals surface area contributed by atoms with Crippen molar-refractivity contribution in [2.45, 2.75) is 0 Å². The van der Waals surface area contributed by atoms with E-state index in [0.717, 1.165) is 66.4 Å². The maximum atomic E-state index is 11.4. The summed E-state index contributed by atoms with van der Waals surface area (Å²) in [5, 5.41) is 22.3. The van der Waals surface area contributed by atoms with Gasteiger partial charge in [0.25, 0.3) is 0 Å². The Hall–Kier alpha value is -6.02. The van der Waals surface area contributed by atoms with Gasteiger partial charge in [0.15, 0.2) is 0 Å². The van der Waals surface area contributed by atoms with Crippen molar-refractivity contribution in [2.24, 2.45) is 0 Å². The maximum absolute atomic E-state index is 11.4. The molecular formula is C34H24N4O4. The third-order valence-corrected chi connectivity index (χ3v) is 7.37. The summed E-state index contributed by atoms with van der Waals surface area (Å²) in [6.45, 7) is 0. The van der Waals surface area contributed by atoms with Gasteiger partial charge in [0.05, 0.1) is 11.1 Å². The van der Waals surface area contributed by atoms with E-state index in [4.69, 9.17) is 0 Å². The molecule has 0 unspecified atom stereocenters. The van der Waals surface area contributed by atoms with Crippen molar-refractivity contribution in [3.05, 3.63) is 163 Å². The smallest absolute Gasteiger partial charge is 0.335 e. The lowest BCUT2D eigenvalue weighted by Gasteiger charge is -2.07. The summed E-state index contributed by atoms with van der Waals surface area (Å²) < 4.78 is 0. The van der Waals surface area contributed by atoms with Gasteiger partial charge in [-0.3, -0.25) is 0 Å². The van der Waals surface area contributed by atoms with Gasteiger partial charge in [-0.25, -0.2) is 9.59 Å². The molecule has 0 fully saturated rings. The molecule has 8 bridgehead atoms. The number of aromatic carboxylic acids is 2. The lowest BCUT2D eigenvalue weighted by Crippen LogP contribution is -2.16. The van der Waals surface area contributed by atoms with Crippen molar-refractivity contribution < 1.29 is 19.8 Å². The van der Waals surface area contributed by atoms with E-state index in [1.165, 1.54) is 0 Å². The number of H-pyrrole nitrogens is 4. The van der Waals surface area contributed by atoms with Crippen molar-refractivity contribution in [3.63, 3.8) is 0 Å². The average molecular weight is 553 g/mol. The van der Waals surface area contributed by atoms with Crippen LogP contribution in [0.3, 0.4) is 0 Å². The van der Waals surface area contributed by atoms with E-state index in [9.17, 15) is 19.8 Å².